The number of fused-ring (bicyclic) bond motifs is 1. The summed E-state index contributed by atoms with van der Waals surface area (Å²) in [5, 5.41) is 0.722. The lowest BCUT2D eigenvalue weighted by molar-refractivity contribution is -0.109. The summed E-state index contributed by atoms with van der Waals surface area (Å²) < 4.78 is 20.1. The average molecular weight is 249 g/mol. The van der Waals surface area contributed by atoms with Crippen molar-refractivity contribution in [3.8, 4) is 5.75 Å². The highest BCUT2D eigenvalue weighted by Crippen LogP contribution is 2.29. The molecular weight excluding hydrogens is 237 g/mol. The predicted molar refractivity (Wildman–Crippen MR) is 65.4 cm³/mol. The summed E-state index contributed by atoms with van der Waals surface area (Å²) in [4.78, 5) is 22.0. The quantitative estimate of drug-likeness (QED) is 0.776. The van der Waals surface area contributed by atoms with Crippen molar-refractivity contribution < 1.29 is 13.9 Å². The third kappa shape index (κ3) is 1.88. The van der Waals surface area contributed by atoms with Crippen molar-refractivity contribution in [3.05, 3.63) is 39.9 Å². The summed E-state index contributed by atoms with van der Waals surface area (Å²) in [7, 11) is 1.54. The maximum atomic E-state index is 13.7. The Hall–Kier alpha value is -2.17. The van der Waals surface area contributed by atoms with Crippen molar-refractivity contribution in [2.45, 2.75) is 6.92 Å². The van der Waals surface area contributed by atoms with Crippen LogP contribution < -0.4 is 10.3 Å². The van der Waals surface area contributed by atoms with E-state index in [-0.39, 0.29) is 17.9 Å². The van der Waals surface area contributed by atoms with E-state index in [1.165, 1.54) is 23.7 Å². The molecule has 0 atom stereocenters. The number of aryl methyl sites for hydroxylation is 2. The zero-order valence-electron chi connectivity index (χ0n) is 10.1. The Morgan fingerprint density at radius 1 is 1.44 bits per heavy atom. The van der Waals surface area contributed by atoms with E-state index in [0.29, 0.717) is 11.8 Å². The molecule has 2 aromatic rings. The van der Waals surface area contributed by atoms with E-state index >= 15 is 0 Å². The molecule has 0 saturated carbocycles. The van der Waals surface area contributed by atoms with E-state index in [4.69, 9.17) is 4.74 Å². The molecular formula is C13H12FNO3. The highest BCUT2D eigenvalue weighted by atomic mass is 19.1. The van der Waals surface area contributed by atoms with Gasteiger partial charge in [-0.2, -0.15) is 0 Å². The maximum absolute atomic E-state index is 13.7. The Bertz CT molecular complexity index is 676. The van der Waals surface area contributed by atoms with Crippen LogP contribution in [-0.4, -0.2) is 17.5 Å². The number of aromatic nitrogens is 1. The Morgan fingerprint density at radius 2 is 2.17 bits per heavy atom. The zero-order chi connectivity index (χ0) is 13.3. The van der Waals surface area contributed by atoms with Crippen LogP contribution in [0.2, 0.25) is 0 Å². The van der Waals surface area contributed by atoms with Gasteiger partial charge in [0, 0.05) is 18.5 Å². The molecule has 0 saturated heterocycles. The second-order valence-corrected chi connectivity index (χ2v) is 3.97. The maximum Gasteiger partial charge on any atom is 0.251 e. The molecule has 0 N–H and O–H groups in total. The van der Waals surface area contributed by atoms with Crippen LogP contribution in [0.1, 0.15) is 5.56 Å². The summed E-state index contributed by atoms with van der Waals surface area (Å²) >= 11 is 0. The van der Waals surface area contributed by atoms with Gasteiger partial charge >= 0.3 is 0 Å². The van der Waals surface area contributed by atoms with Crippen molar-refractivity contribution >= 4 is 17.2 Å². The van der Waals surface area contributed by atoms with Crippen LogP contribution in [-0.2, 0) is 11.8 Å². The third-order valence-electron chi connectivity index (χ3n) is 2.81. The molecule has 4 nitrogen and oxygen atoms in total. The number of halogens is 1. The number of ether oxygens (including phenoxy) is 1. The molecule has 18 heavy (non-hydrogen) atoms. The molecule has 0 aliphatic rings. The molecule has 0 aliphatic carbocycles. The van der Waals surface area contributed by atoms with Crippen molar-refractivity contribution in [1.82, 2.24) is 4.57 Å². The van der Waals surface area contributed by atoms with Crippen LogP contribution in [0, 0.1) is 12.7 Å². The first-order valence-corrected chi connectivity index (χ1v) is 5.41. The van der Waals surface area contributed by atoms with E-state index in [9.17, 15) is 14.0 Å². The summed E-state index contributed by atoms with van der Waals surface area (Å²) in [6, 6.07) is 4.33. The normalized spacial score (nSPS) is 10.6. The minimum Gasteiger partial charge on any atom is -0.481 e. The summed E-state index contributed by atoms with van der Waals surface area (Å²) in [6.45, 7) is 1.52. The van der Waals surface area contributed by atoms with Gasteiger partial charge in [-0.25, -0.2) is 4.39 Å². The molecule has 2 rings (SSSR count). The lowest BCUT2D eigenvalue weighted by Crippen LogP contribution is -2.18. The molecule has 0 spiro atoms. The van der Waals surface area contributed by atoms with Gasteiger partial charge in [0.15, 0.2) is 17.9 Å². The molecule has 0 bridgehead atoms. The summed E-state index contributed by atoms with van der Waals surface area (Å²) in [5.74, 6) is -0.659. The third-order valence-corrected chi connectivity index (χ3v) is 2.81. The molecule has 0 aliphatic heterocycles. The van der Waals surface area contributed by atoms with Gasteiger partial charge in [-0.15, -0.1) is 0 Å². The number of pyridine rings is 1. The second kappa shape index (κ2) is 4.60. The average Bonchev–Trinajstić information content (AvgIpc) is 2.34. The number of aldehydes is 1. The van der Waals surface area contributed by atoms with Gasteiger partial charge in [-0.05, 0) is 24.6 Å². The molecule has 1 aromatic heterocycles. The number of rotatable bonds is 3. The number of carbonyl (C=O) groups is 1. The lowest BCUT2D eigenvalue weighted by Gasteiger charge is -2.13. The monoisotopic (exact) mass is 249 g/mol. The fraction of sp³-hybridized carbons (Fsp3) is 0.231. The van der Waals surface area contributed by atoms with Gasteiger partial charge in [0.2, 0.25) is 0 Å². The molecule has 0 radical (unpaired) electrons. The Labute approximate surface area is 103 Å². The minimum atomic E-state index is -0.593. The smallest absolute Gasteiger partial charge is 0.251 e. The van der Waals surface area contributed by atoms with E-state index < -0.39 is 5.82 Å². The van der Waals surface area contributed by atoms with Crippen LogP contribution in [0.25, 0.3) is 10.9 Å². The van der Waals surface area contributed by atoms with E-state index in [0.717, 1.165) is 10.9 Å². The van der Waals surface area contributed by atoms with Gasteiger partial charge in [0.05, 0.1) is 5.52 Å². The highest BCUT2D eigenvalue weighted by molar-refractivity contribution is 5.88. The molecule has 0 fully saturated rings. The molecule has 0 unspecified atom stereocenters. The van der Waals surface area contributed by atoms with Crippen molar-refractivity contribution in [2.24, 2.45) is 7.05 Å². The van der Waals surface area contributed by atoms with Crippen LogP contribution >= 0.6 is 0 Å². The minimum absolute atomic E-state index is 0.0668. The van der Waals surface area contributed by atoms with Gasteiger partial charge in [0.25, 0.3) is 5.56 Å². The van der Waals surface area contributed by atoms with Crippen molar-refractivity contribution in [3.63, 3.8) is 0 Å². The van der Waals surface area contributed by atoms with E-state index in [1.54, 1.807) is 13.0 Å². The number of hydrogen-bond donors (Lipinski definition) is 0. The molecule has 1 heterocycles. The topological polar surface area (TPSA) is 48.3 Å². The van der Waals surface area contributed by atoms with Gasteiger partial charge < -0.3 is 9.30 Å². The molecule has 5 heteroatoms. The zero-order valence-corrected chi connectivity index (χ0v) is 10.1. The summed E-state index contributed by atoms with van der Waals surface area (Å²) in [6.07, 6.45) is 0.534. The number of benzene rings is 1. The van der Waals surface area contributed by atoms with Crippen LogP contribution in [0.3, 0.4) is 0 Å². The predicted octanol–water partition coefficient (Wildman–Crippen LogP) is 1.56. The molecule has 1 aromatic carbocycles. The first kappa shape index (κ1) is 12.3. The SMILES string of the molecule is Cc1cc(=O)n(C)c2c(OCC=O)c(F)ccc12. The van der Waals surface area contributed by atoms with Crippen molar-refractivity contribution in [1.29, 1.82) is 0 Å². The highest BCUT2D eigenvalue weighted by Gasteiger charge is 2.14. The lowest BCUT2D eigenvalue weighted by atomic mass is 10.1. The Balaban J connectivity index is 2.85. The van der Waals surface area contributed by atoms with Crippen LogP contribution in [0.15, 0.2) is 23.0 Å². The fourth-order valence-electron chi connectivity index (χ4n) is 1.92. The van der Waals surface area contributed by atoms with Gasteiger partial charge in [-0.1, -0.05) is 0 Å². The van der Waals surface area contributed by atoms with Gasteiger partial charge in [0.1, 0.15) is 6.61 Å². The van der Waals surface area contributed by atoms with Crippen LogP contribution in [0.4, 0.5) is 4.39 Å². The van der Waals surface area contributed by atoms with Crippen LogP contribution in [0.5, 0.6) is 5.75 Å². The van der Waals surface area contributed by atoms with E-state index in [2.05, 4.69) is 0 Å². The Morgan fingerprint density at radius 3 is 2.83 bits per heavy atom. The van der Waals surface area contributed by atoms with E-state index in [1.807, 2.05) is 0 Å². The second-order valence-electron chi connectivity index (χ2n) is 3.97. The first-order valence-electron chi connectivity index (χ1n) is 5.41. The Kier molecular flexibility index (Phi) is 3.14. The largest absolute Gasteiger partial charge is 0.481 e. The fourth-order valence-corrected chi connectivity index (χ4v) is 1.92. The van der Waals surface area contributed by atoms with Crippen molar-refractivity contribution in [2.75, 3.05) is 6.61 Å². The number of hydrogen-bond acceptors (Lipinski definition) is 3. The number of nitrogens with zero attached hydrogens (tertiary/aromatic N) is 1. The summed E-state index contributed by atoms with van der Waals surface area (Å²) in [5.41, 5.74) is 0.854. The number of carbonyl (C=O) groups excluding carboxylic acids is 1. The molecule has 0 amide bonds. The molecule has 94 valence electrons. The first-order chi connectivity index (χ1) is 8.56. The van der Waals surface area contributed by atoms with Gasteiger partial charge in [-0.3, -0.25) is 9.59 Å². The standard InChI is InChI=1S/C13H12FNO3/c1-8-7-11(17)15(2)12-9(8)3-4-10(14)13(12)18-6-5-16/h3-5,7H,6H2,1-2H3.